The number of hydrogen-bond acceptors (Lipinski definition) is 6. The van der Waals surface area contributed by atoms with Gasteiger partial charge < -0.3 is 19.1 Å². The molecule has 2 aromatic rings. The summed E-state index contributed by atoms with van der Waals surface area (Å²) in [5.74, 6) is 1.63. The maximum absolute atomic E-state index is 13.2. The topological polar surface area (TPSA) is 85.4 Å². The van der Waals surface area contributed by atoms with Gasteiger partial charge in [-0.1, -0.05) is 18.2 Å². The summed E-state index contributed by atoms with van der Waals surface area (Å²) >= 11 is 0. The van der Waals surface area contributed by atoms with Crippen molar-refractivity contribution in [3.63, 3.8) is 0 Å². The van der Waals surface area contributed by atoms with Crippen LogP contribution in [-0.2, 0) is 21.2 Å². The molecule has 1 amide bonds. The first-order valence-corrected chi connectivity index (χ1v) is 12.4. The molecule has 0 saturated carbocycles. The predicted molar refractivity (Wildman–Crippen MR) is 117 cm³/mol. The number of hydrogen-bond donors (Lipinski definition) is 0. The SMILES string of the molecule is O=C([C@@H]1COc2ccccc2C1)N1CCN(S(=O)(=O)c2ccc3c(c2)OCCCO3)CC1. The minimum absolute atomic E-state index is 0.0205. The third kappa shape index (κ3) is 4.02. The molecule has 8 nitrogen and oxygen atoms in total. The zero-order valence-electron chi connectivity index (χ0n) is 17.7. The Kier molecular flexibility index (Phi) is 5.69. The zero-order valence-corrected chi connectivity index (χ0v) is 18.6. The zero-order chi connectivity index (χ0) is 22.1. The normalized spacial score (nSPS) is 21.2. The molecule has 5 rings (SSSR count). The highest BCUT2D eigenvalue weighted by molar-refractivity contribution is 7.89. The summed E-state index contributed by atoms with van der Waals surface area (Å²) in [4.78, 5) is 15.0. The second-order valence-corrected chi connectivity index (χ2v) is 10.1. The maximum atomic E-state index is 13.2. The molecule has 0 aromatic heterocycles. The largest absolute Gasteiger partial charge is 0.492 e. The first-order chi connectivity index (χ1) is 15.5. The smallest absolute Gasteiger partial charge is 0.243 e. The number of carbonyl (C=O) groups is 1. The fourth-order valence-electron chi connectivity index (χ4n) is 4.35. The van der Waals surface area contributed by atoms with Gasteiger partial charge in [0, 0.05) is 38.7 Å². The summed E-state index contributed by atoms with van der Waals surface area (Å²) in [7, 11) is -3.69. The molecule has 0 unspecified atom stereocenters. The van der Waals surface area contributed by atoms with Crippen molar-refractivity contribution in [2.24, 2.45) is 5.92 Å². The van der Waals surface area contributed by atoms with Crippen LogP contribution in [-0.4, -0.2) is 69.5 Å². The molecule has 3 aliphatic rings. The van der Waals surface area contributed by atoms with Crippen molar-refractivity contribution in [2.45, 2.75) is 17.7 Å². The lowest BCUT2D eigenvalue weighted by molar-refractivity contribution is -0.138. The molecule has 9 heteroatoms. The monoisotopic (exact) mass is 458 g/mol. The first-order valence-electron chi connectivity index (χ1n) is 10.9. The van der Waals surface area contributed by atoms with Crippen LogP contribution in [0.2, 0.25) is 0 Å². The standard InChI is InChI=1S/C23H26N2O6S/c26-23(18-14-17-4-1-2-5-20(17)31-16-18)24-8-10-25(11-9-24)32(27,28)19-6-7-21-22(15-19)30-13-3-12-29-21/h1-2,4-7,15,18H,3,8-14,16H2/t18-/m0/s1. The molecule has 0 spiro atoms. The Hall–Kier alpha value is -2.78. The molecule has 1 fully saturated rings. The molecule has 1 atom stereocenters. The lowest BCUT2D eigenvalue weighted by atomic mass is 9.95. The van der Waals surface area contributed by atoms with Crippen LogP contribution in [0.1, 0.15) is 12.0 Å². The van der Waals surface area contributed by atoms with E-state index in [0.717, 1.165) is 17.7 Å². The van der Waals surface area contributed by atoms with Crippen molar-refractivity contribution in [1.82, 2.24) is 9.21 Å². The highest BCUT2D eigenvalue weighted by atomic mass is 32.2. The molecule has 170 valence electrons. The summed E-state index contributed by atoms with van der Waals surface area (Å²) in [6, 6.07) is 12.5. The number of nitrogens with zero attached hydrogens (tertiary/aromatic N) is 2. The van der Waals surface area contributed by atoms with Crippen LogP contribution in [0.5, 0.6) is 17.2 Å². The number of carbonyl (C=O) groups excluding carboxylic acids is 1. The van der Waals surface area contributed by atoms with Crippen LogP contribution >= 0.6 is 0 Å². The quantitative estimate of drug-likeness (QED) is 0.699. The van der Waals surface area contributed by atoms with E-state index in [0.29, 0.717) is 50.8 Å². The average molecular weight is 459 g/mol. The lowest BCUT2D eigenvalue weighted by Gasteiger charge is -2.36. The van der Waals surface area contributed by atoms with E-state index >= 15 is 0 Å². The number of piperazine rings is 1. The molecule has 3 heterocycles. The van der Waals surface area contributed by atoms with Gasteiger partial charge in [-0.2, -0.15) is 4.31 Å². The van der Waals surface area contributed by atoms with E-state index in [1.54, 1.807) is 17.0 Å². The summed E-state index contributed by atoms with van der Waals surface area (Å²) < 4.78 is 44.8. The summed E-state index contributed by atoms with van der Waals surface area (Å²) in [6.45, 7) is 2.63. The van der Waals surface area contributed by atoms with E-state index < -0.39 is 10.0 Å². The first kappa shape index (κ1) is 21.1. The van der Waals surface area contributed by atoms with Gasteiger partial charge in [0.05, 0.1) is 24.0 Å². The number of rotatable bonds is 3. The van der Waals surface area contributed by atoms with Gasteiger partial charge in [-0.3, -0.25) is 4.79 Å². The number of benzene rings is 2. The number of fused-ring (bicyclic) bond motifs is 2. The van der Waals surface area contributed by atoms with Crippen LogP contribution in [0.3, 0.4) is 0 Å². The van der Waals surface area contributed by atoms with Crippen molar-refractivity contribution in [3.8, 4) is 17.2 Å². The molecule has 0 radical (unpaired) electrons. The highest BCUT2D eigenvalue weighted by Gasteiger charge is 2.34. The van der Waals surface area contributed by atoms with E-state index in [1.165, 1.54) is 10.4 Å². The number of sulfonamides is 1. The van der Waals surface area contributed by atoms with Gasteiger partial charge in [0.15, 0.2) is 11.5 Å². The van der Waals surface area contributed by atoms with Gasteiger partial charge in [0.25, 0.3) is 0 Å². The Labute approximate surface area is 187 Å². The van der Waals surface area contributed by atoms with Crippen LogP contribution in [0.25, 0.3) is 0 Å². The molecular formula is C23H26N2O6S. The van der Waals surface area contributed by atoms with Gasteiger partial charge in [-0.25, -0.2) is 8.42 Å². The Bertz CT molecular complexity index is 1110. The van der Waals surface area contributed by atoms with Crippen molar-refractivity contribution in [2.75, 3.05) is 46.0 Å². The predicted octanol–water partition coefficient (Wildman–Crippen LogP) is 1.93. The third-order valence-electron chi connectivity index (χ3n) is 6.14. The second-order valence-electron chi connectivity index (χ2n) is 8.21. The molecule has 1 saturated heterocycles. The van der Waals surface area contributed by atoms with Gasteiger partial charge in [-0.05, 0) is 30.2 Å². The average Bonchev–Trinajstić information content (AvgIpc) is 3.08. The minimum Gasteiger partial charge on any atom is -0.492 e. The molecule has 0 bridgehead atoms. The van der Waals surface area contributed by atoms with Crippen molar-refractivity contribution < 1.29 is 27.4 Å². The molecule has 32 heavy (non-hydrogen) atoms. The number of para-hydroxylation sites is 1. The molecule has 0 aliphatic carbocycles. The third-order valence-corrected chi connectivity index (χ3v) is 8.03. The van der Waals surface area contributed by atoms with Gasteiger partial charge in [-0.15, -0.1) is 0 Å². The van der Waals surface area contributed by atoms with Crippen LogP contribution < -0.4 is 14.2 Å². The van der Waals surface area contributed by atoms with Gasteiger partial charge in [0.1, 0.15) is 12.4 Å². The molecule has 0 N–H and O–H groups in total. The fraction of sp³-hybridized carbons (Fsp3) is 0.435. The van der Waals surface area contributed by atoms with E-state index in [1.807, 2.05) is 24.3 Å². The van der Waals surface area contributed by atoms with E-state index in [9.17, 15) is 13.2 Å². The van der Waals surface area contributed by atoms with E-state index in [4.69, 9.17) is 14.2 Å². The lowest BCUT2D eigenvalue weighted by Crippen LogP contribution is -2.52. The molecule has 3 aliphatic heterocycles. The van der Waals surface area contributed by atoms with Crippen molar-refractivity contribution >= 4 is 15.9 Å². The Balaban J connectivity index is 1.23. The van der Waals surface area contributed by atoms with E-state index in [-0.39, 0.29) is 29.8 Å². The summed E-state index contributed by atoms with van der Waals surface area (Å²) in [6.07, 6.45) is 1.40. The molecule has 2 aromatic carbocycles. The minimum atomic E-state index is -3.69. The van der Waals surface area contributed by atoms with Gasteiger partial charge >= 0.3 is 0 Å². The summed E-state index contributed by atoms with van der Waals surface area (Å²) in [5, 5.41) is 0. The highest BCUT2D eigenvalue weighted by Crippen LogP contribution is 2.33. The van der Waals surface area contributed by atoms with E-state index in [2.05, 4.69) is 0 Å². The second kappa shape index (κ2) is 8.63. The Morgan fingerprint density at radius 1 is 0.875 bits per heavy atom. The number of amides is 1. The van der Waals surface area contributed by atoms with Crippen LogP contribution in [0, 0.1) is 5.92 Å². The fourth-order valence-corrected chi connectivity index (χ4v) is 5.78. The Morgan fingerprint density at radius 2 is 1.62 bits per heavy atom. The molecular weight excluding hydrogens is 432 g/mol. The van der Waals surface area contributed by atoms with Gasteiger partial charge in [0.2, 0.25) is 15.9 Å². The maximum Gasteiger partial charge on any atom is 0.243 e. The summed E-state index contributed by atoms with van der Waals surface area (Å²) in [5.41, 5.74) is 1.03. The van der Waals surface area contributed by atoms with Crippen molar-refractivity contribution in [3.05, 3.63) is 48.0 Å². The number of ether oxygens (including phenoxy) is 3. The Morgan fingerprint density at radius 3 is 2.44 bits per heavy atom. The van der Waals surface area contributed by atoms with Crippen molar-refractivity contribution in [1.29, 1.82) is 0 Å². The van der Waals surface area contributed by atoms with Crippen LogP contribution in [0.4, 0.5) is 0 Å². The van der Waals surface area contributed by atoms with Crippen LogP contribution in [0.15, 0.2) is 47.4 Å².